The highest BCUT2D eigenvalue weighted by Gasteiger charge is 2.17. The van der Waals surface area contributed by atoms with Crippen LogP contribution in [0.4, 0.5) is 5.69 Å². The summed E-state index contributed by atoms with van der Waals surface area (Å²) >= 11 is 0. The molecule has 1 amide bonds. The molecule has 24 heavy (non-hydrogen) atoms. The molecule has 0 spiro atoms. The Morgan fingerprint density at radius 1 is 1.08 bits per heavy atom. The summed E-state index contributed by atoms with van der Waals surface area (Å²) in [5.41, 5.74) is 7.31. The zero-order valence-electron chi connectivity index (χ0n) is 13.5. The molecule has 0 fully saturated rings. The molecule has 2 aromatic rings. The van der Waals surface area contributed by atoms with E-state index in [2.05, 4.69) is 5.32 Å². The topological polar surface area (TPSA) is 90.7 Å². The van der Waals surface area contributed by atoms with E-state index in [9.17, 15) is 9.59 Å². The standard InChI is InChI=1S/C18H20N2O4/c1-2-23-17-14(9-6-10-15(17)19)18(22)24-12-16(21)20-11-13-7-4-3-5-8-13/h3-10H,2,11-12,19H2,1H3,(H,20,21). The quantitative estimate of drug-likeness (QED) is 0.600. The van der Waals surface area contributed by atoms with E-state index < -0.39 is 5.97 Å². The maximum absolute atomic E-state index is 12.1. The van der Waals surface area contributed by atoms with Gasteiger partial charge in [-0.2, -0.15) is 0 Å². The summed E-state index contributed by atoms with van der Waals surface area (Å²) in [6.07, 6.45) is 0. The molecule has 6 heteroatoms. The van der Waals surface area contributed by atoms with E-state index in [1.165, 1.54) is 0 Å². The molecule has 0 atom stereocenters. The molecule has 0 bridgehead atoms. The second-order valence-electron chi connectivity index (χ2n) is 5.00. The predicted octanol–water partition coefficient (Wildman–Crippen LogP) is 2.14. The highest BCUT2D eigenvalue weighted by Crippen LogP contribution is 2.26. The van der Waals surface area contributed by atoms with Crippen LogP contribution in [0, 0.1) is 0 Å². The van der Waals surface area contributed by atoms with E-state index >= 15 is 0 Å². The third-order valence-corrected chi connectivity index (χ3v) is 3.22. The molecule has 126 valence electrons. The number of ether oxygens (including phenoxy) is 2. The van der Waals surface area contributed by atoms with Gasteiger partial charge in [0, 0.05) is 6.54 Å². The van der Waals surface area contributed by atoms with Crippen molar-refractivity contribution in [3.05, 3.63) is 59.7 Å². The summed E-state index contributed by atoms with van der Waals surface area (Å²) < 4.78 is 10.4. The number of carbonyl (C=O) groups is 2. The van der Waals surface area contributed by atoms with Gasteiger partial charge in [-0.15, -0.1) is 0 Å². The minimum Gasteiger partial charge on any atom is -0.491 e. The molecule has 0 radical (unpaired) electrons. The lowest BCUT2D eigenvalue weighted by Gasteiger charge is -2.12. The number of anilines is 1. The normalized spacial score (nSPS) is 10.0. The summed E-state index contributed by atoms with van der Waals surface area (Å²) in [5, 5.41) is 2.68. The SMILES string of the molecule is CCOc1c(N)cccc1C(=O)OCC(=O)NCc1ccccc1. The van der Waals surface area contributed by atoms with Crippen molar-refractivity contribution in [2.75, 3.05) is 18.9 Å². The fourth-order valence-corrected chi connectivity index (χ4v) is 2.08. The first-order valence-corrected chi connectivity index (χ1v) is 7.60. The molecule has 0 saturated carbocycles. The molecule has 2 rings (SSSR count). The Balaban J connectivity index is 1.89. The molecule has 2 aromatic carbocycles. The molecule has 0 aliphatic heterocycles. The lowest BCUT2D eigenvalue weighted by Crippen LogP contribution is -2.28. The molecule has 0 unspecified atom stereocenters. The van der Waals surface area contributed by atoms with E-state index in [1.54, 1.807) is 25.1 Å². The molecule has 0 aliphatic rings. The van der Waals surface area contributed by atoms with Crippen molar-refractivity contribution in [2.45, 2.75) is 13.5 Å². The second-order valence-corrected chi connectivity index (χ2v) is 5.00. The van der Waals surface area contributed by atoms with Gasteiger partial charge >= 0.3 is 5.97 Å². The summed E-state index contributed by atoms with van der Waals surface area (Å²) in [5.74, 6) is -0.760. The molecule has 0 aromatic heterocycles. The Kier molecular flexibility index (Phi) is 6.19. The molecule has 0 aliphatic carbocycles. The number of hydrogen-bond donors (Lipinski definition) is 2. The third kappa shape index (κ3) is 4.74. The van der Waals surface area contributed by atoms with Crippen molar-refractivity contribution >= 4 is 17.6 Å². The van der Waals surface area contributed by atoms with Crippen LogP contribution in [0.1, 0.15) is 22.8 Å². The number of nitrogens with one attached hydrogen (secondary N) is 1. The molecule has 0 saturated heterocycles. The van der Waals surface area contributed by atoms with Crippen LogP contribution in [-0.4, -0.2) is 25.1 Å². The maximum atomic E-state index is 12.1. The lowest BCUT2D eigenvalue weighted by molar-refractivity contribution is -0.124. The number of nitrogen functional groups attached to an aromatic ring is 1. The zero-order valence-corrected chi connectivity index (χ0v) is 13.5. The van der Waals surface area contributed by atoms with Gasteiger partial charge in [0.25, 0.3) is 5.91 Å². The summed E-state index contributed by atoms with van der Waals surface area (Å²) in [4.78, 5) is 23.9. The first-order valence-electron chi connectivity index (χ1n) is 7.60. The number of hydrogen-bond acceptors (Lipinski definition) is 5. The van der Waals surface area contributed by atoms with Crippen molar-refractivity contribution in [2.24, 2.45) is 0 Å². The molecular weight excluding hydrogens is 308 g/mol. The van der Waals surface area contributed by atoms with Crippen molar-refractivity contribution in [1.82, 2.24) is 5.32 Å². The number of rotatable bonds is 7. The largest absolute Gasteiger partial charge is 0.491 e. The van der Waals surface area contributed by atoms with Crippen LogP contribution in [0.5, 0.6) is 5.75 Å². The first-order chi connectivity index (χ1) is 11.6. The molecule has 6 nitrogen and oxygen atoms in total. The fraction of sp³-hybridized carbons (Fsp3) is 0.222. The first kappa shape index (κ1) is 17.3. The van der Waals surface area contributed by atoms with Crippen LogP contribution < -0.4 is 15.8 Å². The van der Waals surface area contributed by atoms with Crippen LogP contribution in [-0.2, 0) is 16.1 Å². The predicted molar refractivity (Wildman–Crippen MR) is 90.6 cm³/mol. The van der Waals surface area contributed by atoms with Crippen LogP contribution in [0.15, 0.2) is 48.5 Å². The average Bonchev–Trinajstić information content (AvgIpc) is 2.60. The number of benzene rings is 2. The lowest BCUT2D eigenvalue weighted by atomic mass is 10.1. The fourth-order valence-electron chi connectivity index (χ4n) is 2.08. The van der Waals surface area contributed by atoms with Gasteiger partial charge < -0.3 is 20.5 Å². The monoisotopic (exact) mass is 328 g/mol. The van der Waals surface area contributed by atoms with Crippen molar-refractivity contribution in [3.8, 4) is 5.75 Å². The highest BCUT2D eigenvalue weighted by molar-refractivity contribution is 5.95. The summed E-state index contributed by atoms with van der Waals surface area (Å²) in [7, 11) is 0. The number of para-hydroxylation sites is 1. The van der Waals surface area contributed by atoms with Gasteiger partial charge in [0.05, 0.1) is 12.3 Å². The number of amides is 1. The Hall–Kier alpha value is -3.02. The number of esters is 1. The van der Waals surface area contributed by atoms with Gasteiger partial charge in [-0.1, -0.05) is 36.4 Å². The van der Waals surface area contributed by atoms with E-state index in [0.717, 1.165) is 5.56 Å². The Morgan fingerprint density at radius 3 is 2.54 bits per heavy atom. The summed E-state index contributed by atoms with van der Waals surface area (Å²) in [6.45, 7) is 2.16. The third-order valence-electron chi connectivity index (χ3n) is 3.22. The Bertz CT molecular complexity index is 701. The van der Waals surface area contributed by atoms with E-state index in [-0.39, 0.29) is 23.8 Å². The minimum atomic E-state index is -0.652. The van der Waals surface area contributed by atoms with Gasteiger partial charge in [-0.25, -0.2) is 4.79 Å². The zero-order chi connectivity index (χ0) is 17.4. The minimum absolute atomic E-state index is 0.202. The van der Waals surface area contributed by atoms with Gasteiger partial charge in [-0.3, -0.25) is 4.79 Å². The van der Waals surface area contributed by atoms with Crippen LogP contribution in [0.2, 0.25) is 0 Å². The number of nitrogens with two attached hydrogens (primary N) is 1. The molecule has 3 N–H and O–H groups in total. The molecule has 0 heterocycles. The maximum Gasteiger partial charge on any atom is 0.342 e. The van der Waals surface area contributed by atoms with Crippen molar-refractivity contribution < 1.29 is 19.1 Å². The van der Waals surface area contributed by atoms with Crippen molar-refractivity contribution in [1.29, 1.82) is 0 Å². The highest BCUT2D eigenvalue weighted by atomic mass is 16.5. The Labute approximate surface area is 140 Å². The Morgan fingerprint density at radius 2 is 1.83 bits per heavy atom. The van der Waals surface area contributed by atoms with Gasteiger partial charge in [0.2, 0.25) is 0 Å². The van der Waals surface area contributed by atoms with E-state index in [1.807, 2.05) is 30.3 Å². The second kappa shape index (κ2) is 8.57. The van der Waals surface area contributed by atoms with Crippen LogP contribution in [0.3, 0.4) is 0 Å². The number of carbonyl (C=O) groups excluding carboxylic acids is 2. The van der Waals surface area contributed by atoms with E-state index in [0.29, 0.717) is 18.8 Å². The van der Waals surface area contributed by atoms with Gasteiger partial charge in [0.1, 0.15) is 5.56 Å². The average molecular weight is 328 g/mol. The molecular formula is C18H20N2O4. The van der Waals surface area contributed by atoms with Gasteiger partial charge in [0.15, 0.2) is 12.4 Å². The van der Waals surface area contributed by atoms with Crippen molar-refractivity contribution in [3.63, 3.8) is 0 Å². The van der Waals surface area contributed by atoms with E-state index in [4.69, 9.17) is 15.2 Å². The van der Waals surface area contributed by atoms with Crippen LogP contribution >= 0.6 is 0 Å². The van der Waals surface area contributed by atoms with Gasteiger partial charge in [-0.05, 0) is 24.6 Å². The summed E-state index contributed by atoms with van der Waals surface area (Å²) in [6, 6.07) is 14.3. The smallest absolute Gasteiger partial charge is 0.342 e. The van der Waals surface area contributed by atoms with Crippen LogP contribution in [0.25, 0.3) is 0 Å².